The van der Waals surface area contributed by atoms with E-state index < -0.39 is 0 Å². The molecule has 2 fully saturated rings. The van der Waals surface area contributed by atoms with Crippen molar-refractivity contribution in [2.45, 2.75) is 11.8 Å². The zero-order valence-electron chi connectivity index (χ0n) is 13.2. The molecule has 1 aliphatic carbocycles. The molecule has 0 radical (unpaired) electrons. The van der Waals surface area contributed by atoms with E-state index in [1.165, 1.54) is 10.5 Å². The number of amides is 2. The first-order chi connectivity index (χ1) is 11.7. The highest BCUT2D eigenvalue weighted by atomic mass is 32.1. The van der Waals surface area contributed by atoms with Crippen molar-refractivity contribution >= 4 is 23.2 Å². The lowest BCUT2D eigenvalue weighted by atomic mass is 9.92. The normalized spacial score (nSPS) is 31.1. The molecule has 1 aromatic heterocycles. The van der Waals surface area contributed by atoms with Crippen LogP contribution < -0.4 is 5.32 Å². The number of carbonyl (C=O) groups is 2. The summed E-state index contributed by atoms with van der Waals surface area (Å²) in [5.41, 5.74) is 2.33. The Labute approximate surface area is 144 Å². The van der Waals surface area contributed by atoms with E-state index in [0.717, 1.165) is 19.5 Å². The third-order valence-corrected chi connectivity index (χ3v) is 6.74. The molecule has 3 unspecified atom stereocenters. The molecule has 0 spiro atoms. The Hall–Kier alpha value is -1.98. The van der Waals surface area contributed by atoms with Crippen LogP contribution in [0.1, 0.15) is 32.7 Å². The third-order valence-electron chi connectivity index (χ3n) is 6.05. The van der Waals surface area contributed by atoms with Crippen LogP contribution in [0, 0.1) is 11.8 Å². The SMILES string of the molecule is O=C1c2ccccc2C(=O)N1CC1(c2ccsc2)C2CCNCC21. The Kier molecular flexibility index (Phi) is 3.00. The summed E-state index contributed by atoms with van der Waals surface area (Å²) in [6.45, 7) is 2.51. The number of benzene rings is 1. The van der Waals surface area contributed by atoms with E-state index in [0.29, 0.717) is 29.5 Å². The second kappa shape index (κ2) is 5.01. The topological polar surface area (TPSA) is 49.4 Å². The molecule has 122 valence electrons. The summed E-state index contributed by atoms with van der Waals surface area (Å²) in [7, 11) is 0. The number of rotatable bonds is 3. The smallest absolute Gasteiger partial charge is 0.261 e. The van der Waals surface area contributed by atoms with Gasteiger partial charge in [0.05, 0.1) is 11.1 Å². The number of carbonyl (C=O) groups excluding carboxylic acids is 2. The summed E-state index contributed by atoms with van der Waals surface area (Å²) in [6.07, 6.45) is 1.11. The van der Waals surface area contributed by atoms with E-state index in [9.17, 15) is 9.59 Å². The molecule has 24 heavy (non-hydrogen) atoms. The predicted octanol–water partition coefficient (Wildman–Crippen LogP) is 2.52. The molecule has 5 rings (SSSR count). The van der Waals surface area contributed by atoms with Gasteiger partial charge >= 0.3 is 0 Å². The fraction of sp³-hybridized carbons (Fsp3) is 0.368. The standard InChI is InChI=1S/C19H18N2O2S/c22-17-13-3-1-2-4-14(13)18(23)21(17)11-19(12-6-8-24-10-12)15-5-7-20-9-16(15)19/h1-4,6,8,10,15-16,20H,5,7,9,11H2. The summed E-state index contributed by atoms with van der Waals surface area (Å²) >= 11 is 1.69. The molecule has 2 amide bonds. The van der Waals surface area contributed by atoms with Crippen LogP contribution in [0.5, 0.6) is 0 Å². The van der Waals surface area contributed by atoms with Crippen molar-refractivity contribution in [1.82, 2.24) is 10.2 Å². The van der Waals surface area contributed by atoms with Crippen LogP contribution in [0.3, 0.4) is 0 Å². The number of imide groups is 1. The Morgan fingerprint density at radius 3 is 2.46 bits per heavy atom. The number of hydrogen-bond donors (Lipinski definition) is 1. The number of piperidine rings is 1. The van der Waals surface area contributed by atoms with Crippen molar-refractivity contribution in [3.8, 4) is 0 Å². The largest absolute Gasteiger partial charge is 0.316 e. The number of fused-ring (bicyclic) bond motifs is 2. The molecule has 1 saturated heterocycles. The zero-order valence-corrected chi connectivity index (χ0v) is 14.0. The zero-order chi connectivity index (χ0) is 16.3. The first kappa shape index (κ1) is 14.4. The van der Waals surface area contributed by atoms with Crippen molar-refractivity contribution < 1.29 is 9.59 Å². The highest BCUT2D eigenvalue weighted by molar-refractivity contribution is 7.08. The number of hydrogen-bond acceptors (Lipinski definition) is 4. The minimum Gasteiger partial charge on any atom is -0.316 e. The molecule has 3 atom stereocenters. The molecule has 0 bridgehead atoms. The van der Waals surface area contributed by atoms with Gasteiger partial charge in [0.2, 0.25) is 0 Å². The lowest BCUT2D eigenvalue weighted by Crippen LogP contribution is -2.38. The molecule has 3 aliphatic rings. The van der Waals surface area contributed by atoms with Gasteiger partial charge in [-0.1, -0.05) is 12.1 Å². The number of nitrogens with one attached hydrogen (secondary N) is 1. The molecule has 4 nitrogen and oxygen atoms in total. The van der Waals surface area contributed by atoms with Crippen molar-refractivity contribution in [1.29, 1.82) is 0 Å². The predicted molar refractivity (Wildman–Crippen MR) is 92.3 cm³/mol. The highest BCUT2D eigenvalue weighted by Crippen LogP contribution is 2.63. The van der Waals surface area contributed by atoms with Gasteiger partial charge in [-0.05, 0) is 65.9 Å². The van der Waals surface area contributed by atoms with E-state index in [1.807, 2.05) is 12.1 Å². The van der Waals surface area contributed by atoms with Gasteiger partial charge in [-0.15, -0.1) is 0 Å². The van der Waals surface area contributed by atoms with Crippen molar-refractivity contribution in [2.75, 3.05) is 19.6 Å². The van der Waals surface area contributed by atoms with Gasteiger partial charge in [-0.25, -0.2) is 0 Å². The Bertz CT molecular complexity index is 783. The van der Waals surface area contributed by atoms with Crippen LogP contribution in [-0.4, -0.2) is 36.3 Å². The average Bonchev–Trinajstić information content (AvgIpc) is 2.93. The second-order valence-electron chi connectivity index (χ2n) is 7.00. The summed E-state index contributed by atoms with van der Waals surface area (Å²) in [4.78, 5) is 27.0. The van der Waals surface area contributed by atoms with Crippen molar-refractivity contribution in [2.24, 2.45) is 11.8 Å². The van der Waals surface area contributed by atoms with Gasteiger partial charge in [0.15, 0.2) is 0 Å². The van der Waals surface area contributed by atoms with Gasteiger partial charge in [-0.3, -0.25) is 14.5 Å². The van der Waals surface area contributed by atoms with Gasteiger partial charge in [0.1, 0.15) is 0 Å². The quantitative estimate of drug-likeness (QED) is 0.875. The fourth-order valence-electron chi connectivity index (χ4n) is 4.83. The molecule has 1 saturated carbocycles. The Morgan fingerprint density at radius 1 is 1.12 bits per heavy atom. The molecular formula is C19H18N2O2S. The van der Waals surface area contributed by atoms with Crippen LogP contribution in [-0.2, 0) is 5.41 Å². The number of thiophene rings is 1. The number of nitrogens with zero attached hydrogens (tertiary/aromatic N) is 1. The van der Waals surface area contributed by atoms with Gasteiger partial charge < -0.3 is 5.32 Å². The minimum atomic E-state index is -0.137. The first-order valence-corrected chi connectivity index (χ1v) is 9.36. The molecule has 2 aliphatic heterocycles. The van der Waals surface area contributed by atoms with E-state index in [4.69, 9.17) is 0 Å². The maximum absolute atomic E-state index is 12.8. The summed E-state index contributed by atoms with van der Waals surface area (Å²) in [5.74, 6) is 0.812. The second-order valence-corrected chi connectivity index (χ2v) is 7.78. The van der Waals surface area contributed by atoms with Gasteiger partial charge in [0.25, 0.3) is 11.8 Å². The van der Waals surface area contributed by atoms with Crippen molar-refractivity contribution in [3.63, 3.8) is 0 Å². The van der Waals surface area contributed by atoms with E-state index in [1.54, 1.807) is 23.5 Å². The molecule has 3 heterocycles. The first-order valence-electron chi connectivity index (χ1n) is 8.42. The molecule has 1 N–H and O–H groups in total. The fourth-order valence-corrected chi connectivity index (χ4v) is 5.58. The Balaban J connectivity index is 1.52. The molecule has 5 heteroatoms. The van der Waals surface area contributed by atoms with Gasteiger partial charge in [0, 0.05) is 12.0 Å². The van der Waals surface area contributed by atoms with Crippen LogP contribution >= 0.6 is 11.3 Å². The summed E-state index contributed by atoms with van der Waals surface area (Å²) < 4.78 is 0. The summed E-state index contributed by atoms with van der Waals surface area (Å²) in [5, 5.41) is 7.76. The summed E-state index contributed by atoms with van der Waals surface area (Å²) in [6, 6.07) is 9.33. The molecular weight excluding hydrogens is 320 g/mol. The van der Waals surface area contributed by atoms with E-state index in [-0.39, 0.29) is 17.2 Å². The molecule has 2 aromatic rings. The highest BCUT2D eigenvalue weighted by Gasteiger charge is 2.66. The van der Waals surface area contributed by atoms with Crippen LogP contribution in [0.2, 0.25) is 0 Å². The lowest BCUT2D eigenvalue weighted by Gasteiger charge is -2.23. The van der Waals surface area contributed by atoms with Crippen LogP contribution in [0.4, 0.5) is 0 Å². The van der Waals surface area contributed by atoms with E-state index >= 15 is 0 Å². The average molecular weight is 338 g/mol. The third kappa shape index (κ3) is 1.77. The van der Waals surface area contributed by atoms with Gasteiger partial charge in [-0.2, -0.15) is 11.3 Å². The lowest BCUT2D eigenvalue weighted by molar-refractivity contribution is 0.0633. The Morgan fingerprint density at radius 2 is 1.88 bits per heavy atom. The van der Waals surface area contributed by atoms with Crippen molar-refractivity contribution in [3.05, 3.63) is 57.8 Å². The van der Waals surface area contributed by atoms with Crippen LogP contribution in [0.15, 0.2) is 41.1 Å². The minimum absolute atomic E-state index is 0.0587. The molecule has 1 aromatic carbocycles. The van der Waals surface area contributed by atoms with E-state index in [2.05, 4.69) is 22.1 Å². The maximum atomic E-state index is 12.8. The maximum Gasteiger partial charge on any atom is 0.261 e. The monoisotopic (exact) mass is 338 g/mol. The van der Waals surface area contributed by atoms with Crippen LogP contribution in [0.25, 0.3) is 0 Å².